The lowest BCUT2D eigenvalue weighted by molar-refractivity contribution is -0.137. The van der Waals surface area contributed by atoms with Crippen molar-refractivity contribution < 1.29 is 26.7 Å². The maximum atomic E-state index is 12.9. The molecule has 0 radical (unpaired) electrons. The van der Waals surface area contributed by atoms with Crippen molar-refractivity contribution in [3.05, 3.63) is 29.8 Å². The van der Waals surface area contributed by atoms with E-state index >= 15 is 0 Å². The Morgan fingerprint density at radius 3 is 2.41 bits per heavy atom. The SMILES string of the molecule is CCCN(CCCCCCNCCO)S(=O)(=O)c1cccc(C(F)(F)F)c1. The lowest BCUT2D eigenvalue weighted by atomic mass is 10.2. The number of benzene rings is 1. The minimum absolute atomic E-state index is 0.0966. The van der Waals surface area contributed by atoms with Gasteiger partial charge in [-0.1, -0.05) is 25.8 Å². The first-order valence-corrected chi connectivity index (χ1v) is 10.7. The van der Waals surface area contributed by atoms with Gasteiger partial charge in [-0.15, -0.1) is 0 Å². The average molecular weight is 411 g/mol. The van der Waals surface area contributed by atoms with Gasteiger partial charge < -0.3 is 10.4 Å². The van der Waals surface area contributed by atoms with Crippen LogP contribution in [0, 0.1) is 0 Å². The second-order valence-electron chi connectivity index (χ2n) is 6.32. The van der Waals surface area contributed by atoms with E-state index in [1.807, 2.05) is 6.92 Å². The molecule has 0 bridgehead atoms. The summed E-state index contributed by atoms with van der Waals surface area (Å²) < 4.78 is 65.4. The Bertz CT molecular complexity index is 651. The lowest BCUT2D eigenvalue weighted by Crippen LogP contribution is -2.33. The summed E-state index contributed by atoms with van der Waals surface area (Å²) in [7, 11) is -3.96. The third-order valence-electron chi connectivity index (χ3n) is 4.07. The third-order valence-corrected chi connectivity index (χ3v) is 5.97. The van der Waals surface area contributed by atoms with Crippen molar-refractivity contribution in [2.75, 3.05) is 32.8 Å². The Kier molecular flexibility index (Phi) is 10.3. The summed E-state index contributed by atoms with van der Waals surface area (Å²) in [6, 6.07) is 3.90. The van der Waals surface area contributed by atoms with E-state index in [-0.39, 0.29) is 24.6 Å². The molecule has 0 aromatic heterocycles. The van der Waals surface area contributed by atoms with Gasteiger partial charge in [-0.3, -0.25) is 0 Å². The summed E-state index contributed by atoms with van der Waals surface area (Å²) in [4.78, 5) is -0.320. The van der Waals surface area contributed by atoms with Gasteiger partial charge in [-0.2, -0.15) is 17.5 Å². The molecular formula is C18H29F3N2O3S. The minimum Gasteiger partial charge on any atom is -0.395 e. The van der Waals surface area contributed by atoms with Crippen molar-refractivity contribution in [2.45, 2.75) is 50.1 Å². The van der Waals surface area contributed by atoms with Crippen LogP contribution in [0.25, 0.3) is 0 Å². The molecule has 1 aromatic carbocycles. The number of hydrogen-bond acceptors (Lipinski definition) is 4. The van der Waals surface area contributed by atoms with Crippen LogP contribution in [0.1, 0.15) is 44.6 Å². The van der Waals surface area contributed by atoms with E-state index in [0.29, 0.717) is 25.5 Å². The smallest absolute Gasteiger partial charge is 0.395 e. The molecule has 0 aliphatic rings. The first kappa shape index (κ1) is 23.9. The molecular weight excluding hydrogens is 381 g/mol. The molecule has 5 nitrogen and oxygen atoms in total. The van der Waals surface area contributed by atoms with E-state index in [0.717, 1.165) is 37.9 Å². The molecule has 9 heteroatoms. The molecule has 0 heterocycles. The fourth-order valence-corrected chi connectivity index (χ4v) is 4.30. The van der Waals surface area contributed by atoms with Crippen LogP contribution in [0.15, 0.2) is 29.2 Å². The molecule has 0 fully saturated rings. The maximum absolute atomic E-state index is 12.9. The molecule has 0 unspecified atom stereocenters. The monoisotopic (exact) mass is 410 g/mol. The number of hydrogen-bond donors (Lipinski definition) is 2. The number of alkyl halides is 3. The number of unbranched alkanes of at least 4 members (excludes halogenated alkanes) is 3. The predicted molar refractivity (Wildman–Crippen MR) is 98.9 cm³/mol. The third kappa shape index (κ3) is 8.16. The number of nitrogens with zero attached hydrogens (tertiary/aromatic N) is 1. The highest BCUT2D eigenvalue weighted by atomic mass is 32.2. The summed E-state index contributed by atoms with van der Waals surface area (Å²) in [5, 5.41) is 11.7. The highest BCUT2D eigenvalue weighted by Gasteiger charge is 2.32. The molecule has 0 saturated carbocycles. The summed E-state index contributed by atoms with van der Waals surface area (Å²) >= 11 is 0. The molecule has 0 saturated heterocycles. The molecule has 0 aliphatic heterocycles. The average Bonchev–Trinajstić information content (AvgIpc) is 2.62. The highest BCUT2D eigenvalue weighted by Crippen LogP contribution is 2.31. The Morgan fingerprint density at radius 2 is 1.78 bits per heavy atom. The van der Waals surface area contributed by atoms with Gasteiger partial charge in [-0.25, -0.2) is 8.42 Å². The maximum Gasteiger partial charge on any atom is 0.416 e. The molecule has 0 aliphatic carbocycles. The zero-order valence-electron chi connectivity index (χ0n) is 15.6. The zero-order chi connectivity index (χ0) is 20.3. The van der Waals surface area contributed by atoms with Crippen molar-refractivity contribution >= 4 is 10.0 Å². The van der Waals surface area contributed by atoms with Crippen LogP contribution in [0.5, 0.6) is 0 Å². The lowest BCUT2D eigenvalue weighted by Gasteiger charge is -2.22. The van der Waals surface area contributed by atoms with E-state index in [9.17, 15) is 21.6 Å². The van der Waals surface area contributed by atoms with Gasteiger partial charge in [0.15, 0.2) is 0 Å². The van der Waals surface area contributed by atoms with Gasteiger partial charge in [0, 0.05) is 19.6 Å². The number of aliphatic hydroxyl groups excluding tert-OH is 1. The van der Waals surface area contributed by atoms with E-state index in [4.69, 9.17) is 5.11 Å². The van der Waals surface area contributed by atoms with Crippen molar-refractivity contribution in [3.8, 4) is 0 Å². The number of rotatable bonds is 13. The Labute approximate surface area is 159 Å². The van der Waals surface area contributed by atoms with E-state index < -0.39 is 21.8 Å². The van der Waals surface area contributed by atoms with Crippen molar-refractivity contribution in [1.29, 1.82) is 0 Å². The van der Waals surface area contributed by atoms with Crippen LogP contribution < -0.4 is 5.32 Å². The molecule has 0 amide bonds. The van der Waals surface area contributed by atoms with Gasteiger partial charge >= 0.3 is 6.18 Å². The van der Waals surface area contributed by atoms with Crippen LogP contribution in [0.2, 0.25) is 0 Å². The first-order valence-electron chi connectivity index (χ1n) is 9.22. The molecule has 1 aromatic rings. The van der Waals surface area contributed by atoms with E-state index in [1.54, 1.807) is 0 Å². The minimum atomic E-state index is -4.58. The Morgan fingerprint density at radius 1 is 1.07 bits per heavy atom. The quantitative estimate of drug-likeness (QED) is 0.490. The van der Waals surface area contributed by atoms with Crippen molar-refractivity contribution in [1.82, 2.24) is 9.62 Å². The fourth-order valence-electron chi connectivity index (χ4n) is 2.68. The summed E-state index contributed by atoms with van der Waals surface area (Å²) in [5.41, 5.74) is -0.963. The first-order chi connectivity index (χ1) is 12.7. The topological polar surface area (TPSA) is 69.6 Å². The van der Waals surface area contributed by atoms with Gasteiger partial charge in [0.25, 0.3) is 0 Å². The molecule has 0 spiro atoms. The number of halogens is 3. The van der Waals surface area contributed by atoms with Gasteiger partial charge in [0.2, 0.25) is 10.0 Å². The standard InChI is InChI=1S/C18H29F3N2O3S/c1-2-12-23(13-6-4-3-5-10-22-11-14-24)27(25,26)17-9-7-8-16(15-17)18(19,20)21/h7-9,15,22,24H,2-6,10-14H2,1H3. The van der Waals surface area contributed by atoms with Crippen molar-refractivity contribution in [2.24, 2.45) is 0 Å². The molecule has 156 valence electrons. The summed E-state index contributed by atoms with van der Waals surface area (Å²) in [6.45, 7) is 3.84. The fraction of sp³-hybridized carbons (Fsp3) is 0.667. The van der Waals surface area contributed by atoms with Crippen LogP contribution >= 0.6 is 0 Å². The zero-order valence-corrected chi connectivity index (χ0v) is 16.5. The van der Waals surface area contributed by atoms with Crippen LogP contribution in [-0.4, -0.2) is 50.6 Å². The van der Waals surface area contributed by atoms with E-state index in [1.165, 1.54) is 10.4 Å². The second-order valence-corrected chi connectivity index (χ2v) is 8.26. The van der Waals surface area contributed by atoms with Crippen LogP contribution in [0.4, 0.5) is 13.2 Å². The number of nitrogens with one attached hydrogen (secondary N) is 1. The molecule has 0 atom stereocenters. The molecule has 27 heavy (non-hydrogen) atoms. The highest BCUT2D eigenvalue weighted by molar-refractivity contribution is 7.89. The number of aliphatic hydroxyl groups is 1. The van der Waals surface area contributed by atoms with Crippen LogP contribution in [-0.2, 0) is 16.2 Å². The Hall–Kier alpha value is -1.16. The van der Waals surface area contributed by atoms with Gasteiger partial charge in [-0.05, 0) is 44.0 Å². The van der Waals surface area contributed by atoms with Crippen LogP contribution in [0.3, 0.4) is 0 Å². The normalized spacial score (nSPS) is 12.7. The summed E-state index contributed by atoms with van der Waals surface area (Å²) in [5.74, 6) is 0. The Balaban J connectivity index is 2.67. The molecule has 1 rings (SSSR count). The summed E-state index contributed by atoms with van der Waals surface area (Å²) in [6.07, 6.45) is -0.665. The van der Waals surface area contributed by atoms with Gasteiger partial charge in [0.05, 0.1) is 17.1 Å². The largest absolute Gasteiger partial charge is 0.416 e. The van der Waals surface area contributed by atoms with E-state index in [2.05, 4.69) is 5.32 Å². The van der Waals surface area contributed by atoms with Gasteiger partial charge in [0.1, 0.15) is 0 Å². The number of sulfonamides is 1. The molecule has 2 N–H and O–H groups in total. The predicted octanol–water partition coefficient (Wildman–Crippen LogP) is 3.25. The second kappa shape index (κ2) is 11.6. The van der Waals surface area contributed by atoms with Crippen molar-refractivity contribution in [3.63, 3.8) is 0 Å².